The first-order valence-corrected chi connectivity index (χ1v) is 11.0. The Bertz CT molecular complexity index is 1190. The van der Waals surface area contributed by atoms with E-state index in [2.05, 4.69) is 20.7 Å². The summed E-state index contributed by atoms with van der Waals surface area (Å²) in [5.41, 5.74) is 0.319. The second kappa shape index (κ2) is 8.99. The smallest absolute Gasteiger partial charge is 0.326 e. The van der Waals surface area contributed by atoms with Gasteiger partial charge >= 0.3 is 5.97 Å². The lowest BCUT2D eigenvalue weighted by atomic mass is 10.1. The largest absolute Gasteiger partial charge is 0.487 e. The molecule has 0 amide bonds. The Labute approximate surface area is 181 Å². The van der Waals surface area contributed by atoms with Crippen molar-refractivity contribution in [3.8, 4) is 5.75 Å². The summed E-state index contributed by atoms with van der Waals surface area (Å²) in [7, 11) is -3.44. The number of hydrogen-bond donors (Lipinski definition) is 1. The van der Waals surface area contributed by atoms with Crippen LogP contribution < -0.4 is 14.2 Å². The number of anilines is 1. The van der Waals surface area contributed by atoms with Crippen LogP contribution in [-0.2, 0) is 26.3 Å². The third kappa shape index (κ3) is 4.89. The molecule has 0 radical (unpaired) electrons. The number of nitrogens with two attached hydrogens (primary N) is 1. The van der Waals surface area contributed by atoms with Gasteiger partial charge in [-0.15, -0.1) is 0 Å². The van der Waals surface area contributed by atoms with Crippen molar-refractivity contribution in [2.45, 2.75) is 6.61 Å². The topological polar surface area (TPSA) is 98.9 Å². The molecule has 0 spiro atoms. The van der Waals surface area contributed by atoms with Gasteiger partial charge in [0.05, 0.1) is 7.11 Å². The van der Waals surface area contributed by atoms with Gasteiger partial charge in [-0.3, -0.25) is 4.79 Å². The number of methoxy groups -OCH3 is 1. The molecule has 30 heavy (non-hydrogen) atoms. The predicted octanol–water partition coefficient (Wildman–Crippen LogP) is 3.50. The molecular weight excluding hydrogens is 479 g/mol. The number of nitrogens with zero attached hydrogens (tertiary/aromatic N) is 1. The average Bonchev–Trinajstić information content (AvgIpc) is 2.71. The maximum Gasteiger partial charge on any atom is 0.326 e. The molecule has 3 aromatic rings. The van der Waals surface area contributed by atoms with Crippen molar-refractivity contribution in [3.63, 3.8) is 0 Å². The van der Waals surface area contributed by atoms with Gasteiger partial charge in [0, 0.05) is 9.86 Å². The minimum absolute atomic E-state index is 0.0476. The fourth-order valence-electron chi connectivity index (χ4n) is 2.85. The Morgan fingerprint density at radius 2 is 1.87 bits per heavy atom. The monoisotopic (exact) mass is 496 g/mol. The lowest BCUT2D eigenvalue weighted by molar-refractivity contribution is -0.138. The minimum atomic E-state index is -4.53. The molecule has 0 unspecified atom stereocenters. The molecule has 158 valence electrons. The molecule has 0 saturated heterocycles. The first-order valence-electron chi connectivity index (χ1n) is 8.66. The number of carbonyl (C=O) groups excluding carboxylic acids is 1. The van der Waals surface area contributed by atoms with Crippen LogP contribution >= 0.6 is 15.9 Å². The maximum absolute atomic E-state index is 15.6. The lowest BCUT2D eigenvalue weighted by Crippen LogP contribution is -2.41. The van der Waals surface area contributed by atoms with Gasteiger partial charge < -0.3 is 9.47 Å². The fraction of sp³-hybridized carbons (Fsp3) is 0.150. The van der Waals surface area contributed by atoms with Gasteiger partial charge in [0.1, 0.15) is 24.6 Å². The third-order valence-corrected chi connectivity index (χ3v) is 5.69. The minimum Gasteiger partial charge on any atom is -0.487 e. The highest BCUT2D eigenvalue weighted by molar-refractivity contribution is 9.10. The molecule has 0 aliphatic rings. The second-order valence-electron chi connectivity index (χ2n) is 6.30. The number of hydrogen-bond acceptors (Lipinski definition) is 5. The van der Waals surface area contributed by atoms with E-state index < -0.39 is 34.2 Å². The summed E-state index contributed by atoms with van der Waals surface area (Å²) in [5, 5.41) is 5.90. The summed E-state index contributed by atoms with van der Waals surface area (Å²) in [6.45, 7) is -0.764. The van der Waals surface area contributed by atoms with E-state index in [0.29, 0.717) is 14.2 Å². The zero-order valence-corrected chi connectivity index (χ0v) is 18.2. The van der Waals surface area contributed by atoms with Gasteiger partial charge in [0.15, 0.2) is 5.82 Å². The van der Waals surface area contributed by atoms with Crippen LogP contribution in [0.3, 0.4) is 0 Å². The summed E-state index contributed by atoms with van der Waals surface area (Å²) in [5.74, 6) is -1.88. The standard InChI is InChI=1S/C20H18BrFN2O5S/c1-28-18(25)11-24(30(23,26)27)20-17(29-12-13-5-3-2-4-6-13)9-14-7-8-15(21)10-16(14)19(20)22/h2-10H,11-12H2,1H3,(H2,23,26,27). The van der Waals surface area contributed by atoms with Crippen LogP contribution in [0.4, 0.5) is 10.1 Å². The van der Waals surface area contributed by atoms with E-state index in [1.54, 1.807) is 24.3 Å². The number of fused-ring (bicyclic) bond motifs is 1. The maximum atomic E-state index is 15.6. The molecule has 0 aliphatic heterocycles. The van der Waals surface area contributed by atoms with Gasteiger partial charge in [-0.1, -0.05) is 52.3 Å². The Morgan fingerprint density at radius 1 is 1.17 bits per heavy atom. The molecule has 0 saturated carbocycles. The Hall–Kier alpha value is -2.69. The molecule has 0 bridgehead atoms. The molecule has 0 heterocycles. The summed E-state index contributed by atoms with van der Waals surface area (Å²) < 4.78 is 51.4. The van der Waals surface area contributed by atoms with Crippen molar-refractivity contribution in [1.29, 1.82) is 0 Å². The van der Waals surface area contributed by atoms with Crippen molar-refractivity contribution >= 4 is 48.6 Å². The highest BCUT2D eigenvalue weighted by Gasteiger charge is 2.30. The molecule has 0 aliphatic carbocycles. The number of esters is 1. The summed E-state index contributed by atoms with van der Waals surface area (Å²) in [6, 6.07) is 15.4. The Morgan fingerprint density at radius 3 is 2.50 bits per heavy atom. The SMILES string of the molecule is COC(=O)CN(c1c(OCc2ccccc2)cc2ccc(Br)cc2c1F)S(N)(=O)=O. The average molecular weight is 497 g/mol. The highest BCUT2D eigenvalue weighted by atomic mass is 79.9. The Kier molecular flexibility index (Phi) is 6.59. The van der Waals surface area contributed by atoms with Crippen LogP contribution in [-0.4, -0.2) is 28.0 Å². The lowest BCUT2D eigenvalue weighted by Gasteiger charge is -2.24. The first kappa shape index (κ1) is 22.0. The van der Waals surface area contributed by atoms with E-state index in [1.807, 2.05) is 18.2 Å². The molecule has 3 rings (SSSR count). The van der Waals surface area contributed by atoms with E-state index in [9.17, 15) is 13.2 Å². The van der Waals surface area contributed by atoms with Gasteiger partial charge in [-0.05, 0) is 29.1 Å². The van der Waals surface area contributed by atoms with Gasteiger partial charge in [0.25, 0.3) is 10.2 Å². The van der Waals surface area contributed by atoms with Crippen molar-refractivity contribution < 1.29 is 27.1 Å². The van der Waals surface area contributed by atoms with Crippen LogP contribution in [0.5, 0.6) is 5.75 Å². The molecule has 7 nitrogen and oxygen atoms in total. The van der Waals surface area contributed by atoms with Crippen molar-refractivity contribution in [1.82, 2.24) is 0 Å². The Balaban J connectivity index is 2.19. The fourth-order valence-corrected chi connectivity index (χ4v) is 3.92. The van der Waals surface area contributed by atoms with Crippen LogP contribution in [0, 0.1) is 5.82 Å². The van der Waals surface area contributed by atoms with Crippen molar-refractivity contribution in [3.05, 3.63) is 70.5 Å². The van der Waals surface area contributed by atoms with Gasteiger partial charge in [-0.25, -0.2) is 13.8 Å². The predicted molar refractivity (Wildman–Crippen MR) is 115 cm³/mol. The number of ether oxygens (including phenoxy) is 2. The van der Waals surface area contributed by atoms with E-state index in [0.717, 1.165) is 12.7 Å². The molecular formula is C20H18BrFN2O5S. The quantitative estimate of drug-likeness (QED) is 0.504. The van der Waals surface area contributed by atoms with Crippen LogP contribution in [0.2, 0.25) is 0 Å². The molecule has 3 aromatic carbocycles. The normalized spacial score (nSPS) is 11.3. The van der Waals surface area contributed by atoms with E-state index in [-0.39, 0.29) is 17.7 Å². The van der Waals surface area contributed by atoms with Gasteiger partial charge in [0.2, 0.25) is 0 Å². The molecule has 10 heteroatoms. The number of rotatable bonds is 7. The van der Waals surface area contributed by atoms with E-state index in [1.165, 1.54) is 12.1 Å². The van der Waals surface area contributed by atoms with Crippen molar-refractivity contribution in [2.24, 2.45) is 5.14 Å². The third-order valence-electron chi connectivity index (χ3n) is 4.27. The van der Waals surface area contributed by atoms with E-state index in [4.69, 9.17) is 9.88 Å². The summed E-state index contributed by atoms with van der Waals surface area (Å²) in [6.07, 6.45) is 0. The van der Waals surface area contributed by atoms with Crippen LogP contribution in [0.15, 0.2) is 59.1 Å². The van der Waals surface area contributed by atoms with Crippen LogP contribution in [0.25, 0.3) is 10.8 Å². The zero-order chi connectivity index (χ0) is 21.9. The molecule has 0 atom stereocenters. The van der Waals surface area contributed by atoms with Crippen molar-refractivity contribution in [2.75, 3.05) is 18.0 Å². The second-order valence-corrected chi connectivity index (χ2v) is 8.69. The molecule has 0 aromatic heterocycles. The zero-order valence-electron chi connectivity index (χ0n) is 15.8. The number of halogens is 2. The highest BCUT2D eigenvalue weighted by Crippen LogP contribution is 2.39. The number of benzene rings is 3. The summed E-state index contributed by atoms with van der Waals surface area (Å²) >= 11 is 3.27. The molecule has 2 N–H and O–H groups in total. The van der Waals surface area contributed by atoms with Crippen LogP contribution in [0.1, 0.15) is 5.56 Å². The first-order chi connectivity index (χ1) is 14.2. The van der Waals surface area contributed by atoms with Gasteiger partial charge in [-0.2, -0.15) is 8.42 Å². The number of carbonyl (C=O) groups is 1. The van der Waals surface area contributed by atoms with E-state index >= 15 is 4.39 Å². The molecule has 0 fully saturated rings. The summed E-state index contributed by atoms with van der Waals surface area (Å²) in [4.78, 5) is 11.8.